The van der Waals surface area contributed by atoms with Gasteiger partial charge in [-0.1, -0.05) is 37.3 Å². The summed E-state index contributed by atoms with van der Waals surface area (Å²) in [6, 6.07) is 11.1. The number of hydrogen-bond acceptors (Lipinski definition) is 3. The van der Waals surface area contributed by atoms with Crippen molar-refractivity contribution in [2.75, 3.05) is 13.1 Å². The first kappa shape index (κ1) is 16.2. The number of likely N-dealkylation sites (tertiary alicyclic amines) is 1. The average molecular weight is 327 g/mol. The van der Waals surface area contributed by atoms with Gasteiger partial charge in [0.15, 0.2) is 0 Å². The Morgan fingerprint density at radius 2 is 1.92 bits per heavy atom. The Balaban J connectivity index is 1.76. The fraction of sp³-hybridized carbons (Fsp3) is 0.389. The van der Waals surface area contributed by atoms with Crippen molar-refractivity contribution in [3.63, 3.8) is 0 Å². The number of amides is 1. The van der Waals surface area contributed by atoms with E-state index in [9.17, 15) is 14.7 Å². The molecule has 1 aromatic carbocycles. The van der Waals surface area contributed by atoms with Crippen LogP contribution in [0.25, 0.3) is 0 Å². The number of aliphatic carboxylic acids is 1. The highest BCUT2D eigenvalue weighted by Gasteiger charge is 2.44. The molecule has 6 heteroatoms. The van der Waals surface area contributed by atoms with Gasteiger partial charge in [-0.15, -0.1) is 0 Å². The van der Waals surface area contributed by atoms with Crippen LogP contribution in [0.5, 0.6) is 0 Å². The van der Waals surface area contributed by atoms with Crippen LogP contribution < -0.4 is 0 Å². The number of aryl methyl sites for hydroxylation is 1. The fourth-order valence-electron chi connectivity index (χ4n) is 3.29. The highest BCUT2D eigenvalue weighted by molar-refractivity contribution is 5.93. The number of hydrogen-bond donors (Lipinski definition) is 2. The largest absolute Gasteiger partial charge is 0.481 e. The second-order valence-electron chi connectivity index (χ2n) is 6.18. The average Bonchev–Trinajstić information content (AvgIpc) is 3.11. The van der Waals surface area contributed by atoms with Crippen molar-refractivity contribution < 1.29 is 14.7 Å². The van der Waals surface area contributed by atoms with Gasteiger partial charge < -0.3 is 10.0 Å². The number of aromatic amines is 1. The van der Waals surface area contributed by atoms with Gasteiger partial charge in [0.1, 0.15) is 5.69 Å². The third kappa shape index (κ3) is 2.79. The lowest BCUT2D eigenvalue weighted by Gasteiger charge is -2.39. The molecular weight excluding hydrogens is 306 g/mol. The number of piperidine rings is 1. The van der Waals surface area contributed by atoms with Crippen molar-refractivity contribution in [3.05, 3.63) is 53.3 Å². The molecule has 1 aliphatic rings. The molecule has 3 rings (SSSR count). The predicted octanol–water partition coefficient (Wildman–Crippen LogP) is 2.23. The first-order valence-corrected chi connectivity index (χ1v) is 8.19. The molecule has 0 unspecified atom stereocenters. The molecule has 2 aromatic rings. The molecule has 1 aromatic heterocycles. The van der Waals surface area contributed by atoms with Crippen LogP contribution in [0.3, 0.4) is 0 Å². The Bertz CT molecular complexity index is 731. The lowest BCUT2D eigenvalue weighted by Crippen LogP contribution is -2.49. The summed E-state index contributed by atoms with van der Waals surface area (Å²) in [5, 5.41) is 16.7. The zero-order valence-corrected chi connectivity index (χ0v) is 13.7. The molecule has 0 radical (unpaired) electrons. The molecule has 2 N–H and O–H groups in total. The quantitative estimate of drug-likeness (QED) is 0.901. The molecule has 0 spiro atoms. The minimum absolute atomic E-state index is 0.141. The zero-order valence-electron chi connectivity index (χ0n) is 13.7. The number of rotatable bonds is 4. The Morgan fingerprint density at radius 3 is 2.46 bits per heavy atom. The molecular formula is C18H21N3O3. The van der Waals surface area contributed by atoms with Crippen LogP contribution in [-0.4, -0.2) is 45.2 Å². The van der Waals surface area contributed by atoms with Crippen LogP contribution in [0.4, 0.5) is 0 Å². The van der Waals surface area contributed by atoms with Crippen LogP contribution in [0, 0.1) is 0 Å². The summed E-state index contributed by atoms with van der Waals surface area (Å²) >= 11 is 0. The van der Waals surface area contributed by atoms with Gasteiger partial charge in [0, 0.05) is 18.8 Å². The minimum Gasteiger partial charge on any atom is -0.481 e. The van der Waals surface area contributed by atoms with Gasteiger partial charge in [-0.2, -0.15) is 5.10 Å². The van der Waals surface area contributed by atoms with Crippen LogP contribution in [0.1, 0.15) is 41.5 Å². The van der Waals surface area contributed by atoms with E-state index < -0.39 is 11.4 Å². The van der Waals surface area contributed by atoms with Crippen molar-refractivity contribution >= 4 is 11.9 Å². The van der Waals surface area contributed by atoms with E-state index >= 15 is 0 Å². The number of carbonyl (C=O) groups excluding carboxylic acids is 1. The Hall–Kier alpha value is -2.63. The number of benzene rings is 1. The van der Waals surface area contributed by atoms with Gasteiger partial charge in [-0.05, 0) is 30.9 Å². The van der Waals surface area contributed by atoms with E-state index in [0.29, 0.717) is 31.6 Å². The summed E-state index contributed by atoms with van der Waals surface area (Å²) in [6.45, 7) is 2.81. The Labute approximate surface area is 140 Å². The molecule has 6 nitrogen and oxygen atoms in total. The van der Waals surface area contributed by atoms with Gasteiger partial charge in [-0.25, -0.2) is 0 Å². The first-order chi connectivity index (χ1) is 11.6. The van der Waals surface area contributed by atoms with Crippen molar-refractivity contribution in [2.24, 2.45) is 0 Å². The highest BCUT2D eigenvalue weighted by Crippen LogP contribution is 2.36. The van der Waals surface area contributed by atoms with E-state index in [1.807, 2.05) is 37.3 Å². The number of carboxylic acids is 1. The number of nitrogens with one attached hydrogen (secondary N) is 1. The van der Waals surface area contributed by atoms with E-state index in [1.54, 1.807) is 11.0 Å². The van der Waals surface area contributed by atoms with E-state index in [2.05, 4.69) is 10.2 Å². The normalized spacial score (nSPS) is 16.8. The Kier molecular flexibility index (Phi) is 4.38. The number of aromatic nitrogens is 2. The smallest absolute Gasteiger partial charge is 0.314 e. The second-order valence-corrected chi connectivity index (χ2v) is 6.18. The van der Waals surface area contributed by atoms with E-state index in [0.717, 1.165) is 17.7 Å². The van der Waals surface area contributed by atoms with Crippen LogP contribution >= 0.6 is 0 Å². The standard InChI is InChI=1S/C18H21N3O3/c1-2-14-12-15(20-19-14)16(22)21-10-8-18(9-11-21,17(23)24)13-6-4-3-5-7-13/h3-7,12H,2,8-11H2,1H3,(H,19,20)(H,23,24). The molecule has 1 aliphatic heterocycles. The lowest BCUT2D eigenvalue weighted by atomic mass is 9.73. The molecule has 24 heavy (non-hydrogen) atoms. The van der Waals surface area contributed by atoms with E-state index in [4.69, 9.17) is 0 Å². The number of carboxylic acid groups (broad SMARTS) is 1. The molecule has 2 heterocycles. The van der Waals surface area contributed by atoms with Gasteiger partial charge in [-0.3, -0.25) is 14.7 Å². The van der Waals surface area contributed by atoms with Gasteiger partial charge >= 0.3 is 5.97 Å². The van der Waals surface area contributed by atoms with Crippen LogP contribution in [0.2, 0.25) is 0 Å². The monoisotopic (exact) mass is 327 g/mol. The molecule has 1 amide bonds. The van der Waals surface area contributed by atoms with Crippen LogP contribution in [-0.2, 0) is 16.6 Å². The van der Waals surface area contributed by atoms with E-state index in [-0.39, 0.29) is 5.91 Å². The summed E-state index contributed by atoms with van der Waals surface area (Å²) in [5.74, 6) is -0.966. The zero-order chi connectivity index (χ0) is 17.2. The summed E-state index contributed by atoms with van der Waals surface area (Å²) in [7, 11) is 0. The Morgan fingerprint density at radius 1 is 1.25 bits per heavy atom. The van der Waals surface area contributed by atoms with Gasteiger partial charge in [0.25, 0.3) is 5.91 Å². The minimum atomic E-state index is -0.918. The van der Waals surface area contributed by atoms with Crippen molar-refractivity contribution in [1.29, 1.82) is 0 Å². The molecule has 126 valence electrons. The number of carbonyl (C=O) groups is 2. The van der Waals surface area contributed by atoms with Gasteiger partial charge in [0.2, 0.25) is 0 Å². The topological polar surface area (TPSA) is 86.3 Å². The molecule has 0 atom stereocenters. The molecule has 0 bridgehead atoms. The predicted molar refractivity (Wildman–Crippen MR) is 88.9 cm³/mol. The molecule has 1 saturated heterocycles. The van der Waals surface area contributed by atoms with E-state index in [1.165, 1.54) is 0 Å². The summed E-state index contributed by atoms with van der Waals surface area (Å²) < 4.78 is 0. The van der Waals surface area contributed by atoms with Crippen molar-refractivity contribution in [2.45, 2.75) is 31.6 Å². The van der Waals surface area contributed by atoms with Crippen molar-refractivity contribution in [1.82, 2.24) is 15.1 Å². The SMILES string of the molecule is CCc1cc(C(=O)N2CCC(C(=O)O)(c3ccccc3)CC2)n[nH]1. The lowest BCUT2D eigenvalue weighted by molar-refractivity contribution is -0.145. The maximum atomic E-state index is 12.5. The third-order valence-corrected chi connectivity index (χ3v) is 4.87. The summed E-state index contributed by atoms with van der Waals surface area (Å²) in [5.41, 5.74) is 1.20. The fourth-order valence-corrected chi connectivity index (χ4v) is 3.29. The summed E-state index contributed by atoms with van der Waals surface area (Å²) in [6.07, 6.45) is 1.60. The first-order valence-electron chi connectivity index (χ1n) is 8.19. The highest BCUT2D eigenvalue weighted by atomic mass is 16.4. The maximum Gasteiger partial charge on any atom is 0.314 e. The maximum absolute atomic E-state index is 12.5. The third-order valence-electron chi connectivity index (χ3n) is 4.87. The summed E-state index contributed by atoms with van der Waals surface area (Å²) in [4.78, 5) is 26.2. The molecule has 0 aliphatic carbocycles. The van der Waals surface area contributed by atoms with Crippen molar-refractivity contribution in [3.8, 4) is 0 Å². The molecule has 1 fully saturated rings. The number of H-pyrrole nitrogens is 1. The van der Waals surface area contributed by atoms with Gasteiger partial charge in [0.05, 0.1) is 5.41 Å². The number of nitrogens with zero attached hydrogens (tertiary/aromatic N) is 2. The molecule has 0 saturated carbocycles. The second kappa shape index (κ2) is 6.47. The van der Waals surface area contributed by atoms with Crippen LogP contribution in [0.15, 0.2) is 36.4 Å².